The minimum absolute atomic E-state index is 0.0835. The molecule has 5 rings (SSSR count). The maximum Gasteiger partial charge on any atom is 0.246 e. The minimum atomic E-state index is -0.492. The fourth-order valence-corrected chi connectivity index (χ4v) is 5.24. The molecule has 3 heterocycles. The van der Waals surface area contributed by atoms with Crippen LogP contribution >= 0.6 is 22.9 Å². The van der Waals surface area contributed by atoms with E-state index in [2.05, 4.69) is 21.4 Å². The lowest BCUT2D eigenvalue weighted by molar-refractivity contribution is -0.126. The molecule has 0 radical (unpaired) electrons. The Labute approximate surface area is 192 Å². The molecule has 0 atom stereocenters. The summed E-state index contributed by atoms with van der Waals surface area (Å²) in [4.78, 5) is 24.4. The molecule has 32 heavy (non-hydrogen) atoms. The molecule has 162 valence electrons. The van der Waals surface area contributed by atoms with Crippen molar-refractivity contribution in [3.63, 3.8) is 0 Å². The number of hydrogen-bond acceptors (Lipinski definition) is 6. The number of nitrogen functional groups attached to an aromatic ring is 1. The van der Waals surface area contributed by atoms with Crippen LogP contribution in [0.4, 0.5) is 15.2 Å². The Balaban J connectivity index is 1.60. The first-order valence-corrected chi connectivity index (χ1v) is 11.3. The second-order valence-corrected chi connectivity index (χ2v) is 8.96. The number of pyridine rings is 1. The Morgan fingerprint density at radius 2 is 2.00 bits per heavy atom. The van der Waals surface area contributed by atoms with Crippen LogP contribution in [0.15, 0.2) is 49.2 Å². The van der Waals surface area contributed by atoms with Crippen molar-refractivity contribution in [1.82, 2.24) is 14.9 Å². The average Bonchev–Trinajstić information content (AvgIpc) is 3.19. The first-order chi connectivity index (χ1) is 15.5. The Bertz CT molecular complexity index is 1380. The van der Waals surface area contributed by atoms with Gasteiger partial charge in [-0.3, -0.25) is 9.78 Å². The average molecular weight is 468 g/mol. The molecule has 1 saturated heterocycles. The fourth-order valence-electron chi connectivity index (χ4n) is 4.19. The van der Waals surface area contributed by atoms with Crippen LogP contribution in [-0.4, -0.2) is 47.0 Å². The van der Waals surface area contributed by atoms with Gasteiger partial charge in [0.25, 0.3) is 0 Å². The van der Waals surface area contributed by atoms with Crippen LogP contribution in [0, 0.1) is 5.82 Å². The number of piperazine rings is 1. The van der Waals surface area contributed by atoms with Gasteiger partial charge in [-0.15, -0.1) is 0 Å². The van der Waals surface area contributed by atoms with Crippen molar-refractivity contribution in [2.45, 2.75) is 0 Å². The Hall–Kier alpha value is -3.23. The molecule has 6 nitrogen and oxygen atoms in total. The third-order valence-electron chi connectivity index (χ3n) is 5.72. The number of para-hydroxylation sites is 1. The normalized spacial score (nSPS) is 14.3. The van der Waals surface area contributed by atoms with Crippen LogP contribution in [0.1, 0.15) is 0 Å². The fraction of sp³-hybridized carbons (Fsp3) is 0.174. The molecule has 1 aliphatic heterocycles. The van der Waals surface area contributed by atoms with Crippen molar-refractivity contribution in [3.8, 4) is 11.1 Å². The van der Waals surface area contributed by atoms with E-state index in [0.29, 0.717) is 47.8 Å². The highest BCUT2D eigenvalue weighted by atomic mass is 35.5. The molecule has 1 fully saturated rings. The predicted octanol–water partition coefficient (Wildman–Crippen LogP) is 4.72. The molecule has 0 unspecified atom stereocenters. The number of rotatable bonds is 3. The number of thiazole rings is 1. The second-order valence-electron chi connectivity index (χ2n) is 7.49. The van der Waals surface area contributed by atoms with E-state index in [-0.39, 0.29) is 22.0 Å². The number of nitrogens with two attached hydrogens (primary N) is 1. The highest BCUT2D eigenvalue weighted by molar-refractivity contribution is 7.22. The quantitative estimate of drug-likeness (QED) is 0.441. The van der Waals surface area contributed by atoms with E-state index >= 15 is 4.39 Å². The first-order valence-electron chi connectivity index (χ1n) is 10.1. The van der Waals surface area contributed by atoms with Crippen molar-refractivity contribution in [1.29, 1.82) is 0 Å². The van der Waals surface area contributed by atoms with E-state index in [1.807, 2.05) is 18.2 Å². The zero-order valence-electron chi connectivity index (χ0n) is 17.0. The number of hydrogen-bond donors (Lipinski definition) is 1. The molecule has 2 N–H and O–H groups in total. The lowest BCUT2D eigenvalue weighted by Gasteiger charge is -2.36. The molecule has 4 aromatic rings. The van der Waals surface area contributed by atoms with Crippen molar-refractivity contribution in [2.75, 3.05) is 36.8 Å². The third kappa shape index (κ3) is 3.36. The van der Waals surface area contributed by atoms with Crippen LogP contribution < -0.4 is 10.6 Å². The van der Waals surface area contributed by atoms with Gasteiger partial charge in [0, 0.05) is 54.6 Å². The molecular weight excluding hydrogens is 449 g/mol. The maximum absolute atomic E-state index is 15.8. The van der Waals surface area contributed by atoms with Gasteiger partial charge in [0.1, 0.15) is 5.52 Å². The topological polar surface area (TPSA) is 75.4 Å². The van der Waals surface area contributed by atoms with Crippen molar-refractivity contribution in [3.05, 3.63) is 60.0 Å². The van der Waals surface area contributed by atoms with Gasteiger partial charge in [-0.25, -0.2) is 9.37 Å². The SMILES string of the molecule is C=CC(=O)N1CCN(c2ccnc3c(F)c(-c4cccc5sc(N)nc45)c(Cl)cc23)CC1. The van der Waals surface area contributed by atoms with Gasteiger partial charge in [-0.1, -0.05) is 41.6 Å². The van der Waals surface area contributed by atoms with E-state index in [1.165, 1.54) is 17.4 Å². The summed E-state index contributed by atoms with van der Waals surface area (Å²) in [6.07, 6.45) is 2.92. The molecule has 2 aromatic heterocycles. The summed E-state index contributed by atoms with van der Waals surface area (Å²) >= 11 is 7.98. The van der Waals surface area contributed by atoms with Crippen LogP contribution in [0.25, 0.3) is 32.2 Å². The Morgan fingerprint density at radius 3 is 2.75 bits per heavy atom. The number of nitrogens with zero attached hydrogens (tertiary/aromatic N) is 4. The smallest absolute Gasteiger partial charge is 0.246 e. The first kappa shape index (κ1) is 20.7. The molecule has 1 amide bonds. The Kier molecular flexibility index (Phi) is 5.19. The summed E-state index contributed by atoms with van der Waals surface area (Å²) < 4.78 is 16.7. The highest BCUT2D eigenvalue weighted by Gasteiger charge is 2.24. The van der Waals surface area contributed by atoms with Crippen LogP contribution in [0.3, 0.4) is 0 Å². The number of benzene rings is 2. The van der Waals surface area contributed by atoms with Gasteiger partial charge < -0.3 is 15.5 Å². The number of fused-ring (bicyclic) bond motifs is 2. The summed E-state index contributed by atoms with van der Waals surface area (Å²) in [6.45, 7) is 5.92. The number of aromatic nitrogens is 2. The van der Waals surface area contributed by atoms with E-state index < -0.39 is 5.82 Å². The third-order valence-corrected chi connectivity index (χ3v) is 6.86. The standard InChI is InChI=1S/C23H19ClFN5OS/c1-2-18(31)30-10-8-29(9-11-30)16-6-7-27-22-14(16)12-15(24)19(20(22)25)13-4-3-5-17-21(13)28-23(26)32-17/h2-7,12H,1,8-11H2,(H2,26,28). The van der Waals surface area contributed by atoms with Crippen molar-refractivity contribution in [2.24, 2.45) is 0 Å². The number of amides is 1. The summed E-state index contributed by atoms with van der Waals surface area (Å²) in [5, 5.41) is 1.33. The van der Waals surface area contributed by atoms with Gasteiger partial charge >= 0.3 is 0 Å². The van der Waals surface area contributed by atoms with Crippen LogP contribution in [-0.2, 0) is 4.79 Å². The molecule has 2 aromatic carbocycles. The number of carbonyl (C=O) groups is 1. The van der Waals surface area contributed by atoms with Crippen LogP contribution in [0.2, 0.25) is 5.02 Å². The van der Waals surface area contributed by atoms with Crippen LogP contribution in [0.5, 0.6) is 0 Å². The number of carbonyl (C=O) groups excluding carboxylic acids is 1. The monoisotopic (exact) mass is 467 g/mol. The van der Waals surface area contributed by atoms with Gasteiger partial charge in [0.2, 0.25) is 5.91 Å². The molecule has 0 saturated carbocycles. The van der Waals surface area contributed by atoms with Gasteiger partial charge in [0.15, 0.2) is 10.9 Å². The van der Waals surface area contributed by atoms with Gasteiger partial charge in [0.05, 0.1) is 15.2 Å². The molecule has 0 bridgehead atoms. The number of halogens is 2. The molecule has 9 heteroatoms. The lowest BCUT2D eigenvalue weighted by atomic mass is 10.0. The highest BCUT2D eigenvalue weighted by Crippen LogP contribution is 2.41. The predicted molar refractivity (Wildman–Crippen MR) is 129 cm³/mol. The van der Waals surface area contributed by atoms with Crippen molar-refractivity contribution < 1.29 is 9.18 Å². The zero-order valence-corrected chi connectivity index (χ0v) is 18.6. The Morgan fingerprint density at radius 1 is 1.22 bits per heavy atom. The van der Waals surface area contributed by atoms with E-state index in [1.54, 1.807) is 23.2 Å². The number of anilines is 2. The largest absolute Gasteiger partial charge is 0.375 e. The minimum Gasteiger partial charge on any atom is -0.375 e. The summed E-state index contributed by atoms with van der Waals surface area (Å²) in [7, 11) is 0. The summed E-state index contributed by atoms with van der Waals surface area (Å²) in [5.74, 6) is -0.575. The molecule has 0 aliphatic carbocycles. The van der Waals surface area contributed by atoms with E-state index in [0.717, 1.165) is 10.4 Å². The lowest BCUT2D eigenvalue weighted by Crippen LogP contribution is -2.48. The van der Waals surface area contributed by atoms with Crippen molar-refractivity contribution >= 4 is 60.8 Å². The van der Waals surface area contributed by atoms with Gasteiger partial charge in [-0.2, -0.15) is 0 Å². The second kappa shape index (κ2) is 8.03. The summed E-state index contributed by atoms with van der Waals surface area (Å²) in [5.41, 5.74) is 8.43. The summed E-state index contributed by atoms with van der Waals surface area (Å²) in [6, 6.07) is 9.13. The molecule has 1 aliphatic rings. The van der Waals surface area contributed by atoms with E-state index in [9.17, 15) is 4.79 Å². The van der Waals surface area contributed by atoms with Gasteiger partial charge in [-0.05, 0) is 24.3 Å². The maximum atomic E-state index is 15.8. The van der Waals surface area contributed by atoms with E-state index in [4.69, 9.17) is 17.3 Å². The molecular formula is C23H19ClFN5OS. The molecule has 0 spiro atoms. The zero-order chi connectivity index (χ0) is 22.4.